The topological polar surface area (TPSA) is 24.5 Å². The summed E-state index contributed by atoms with van der Waals surface area (Å²) in [6.45, 7) is 12.5. The van der Waals surface area contributed by atoms with E-state index in [4.69, 9.17) is 4.74 Å². The molecule has 0 aliphatic carbocycles. The highest BCUT2D eigenvalue weighted by molar-refractivity contribution is 4.89. The van der Waals surface area contributed by atoms with Gasteiger partial charge in [-0.15, -0.1) is 0 Å². The van der Waals surface area contributed by atoms with Crippen LogP contribution in [0.25, 0.3) is 0 Å². The van der Waals surface area contributed by atoms with Crippen LogP contribution in [0.4, 0.5) is 0 Å². The first kappa shape index (κ1) is 16.9. The molecule has 1 aliphatic heterocycles. The van der Waals surface area contributed by atoms with Crippen LogP contribution in [0.5, 0.6) is 0 Å². The normalized spacial score (nSPS) is 25.7. The lowest BCUT2D eigenvalue weighted by atomic mass is 9.76. The maximum absolute atomic E-state index is 5.29. The fraction of sp³-hybridized carbons (Fsp3) is 1.00. The summed E-state index contributed by atoms with van der Waals surface area (Å²) >= 11 is 0. The lowest BCUT2D eigenvalue weighted by Gasteiger charge is -2.43. The third-order valence-corrected chi connectivity index (χ3v) is 4.68. The van der Waals surface area contributed by atoms with E-state index in [0.717, 1.165) is 13.2 Å². The van der Waals surface area contributed by atoms with Crippen LogP contribution in [-0.4, -0.2) is 50.8 Å². The SMILES string of the molecule is CCCC1(CN(CCOC)C(C)CC)CCCNC1. The molecule has 1 saturated heterocycles. The summed E-state index contributed by atoms with van der Waals surface area (Å²) in [7, 11) is 1.80. The second kappa shape index (κ2) is 8.93. The summed E-state index contributed by atoms with van der Waals surface area (Å²) in [4.78, 5) is 2.64. The molecule has 0 radical (unpaired) electrons. The Bertz CT molecular complexity index is 221. The average Bonchev–Trinajstić information content (AvgIpc) is 2.44. The standard InChI is InChI=1S/C16H34N2O/c1-5-8-16(9-7-10-17-13-16)14-18(11-12-19-4)15(3)6-2/h15,17H,5-14H2,1-4H3. The molecule has 114 valence electrons. The smallest absolute Gasteiger partial charge is 0.0589 e. The molecule has 1 fully saturated rings. The van der Waals surface area contributed by atoms with E-state index in [9.17, 15) is 0 Å². The van der Waals surface area contributed by atoms with Gasteiger partial charge in [-0.25, -0.2) is 0 Å². The van der Waals surface area contributed by atoms with E-state index in [1.165, 1.54) is 51.7 Å². The second-order valence-electron chi connectivity index (χ2n) is 6.25. The summed E-state index contributed by atoms with van der Waals surface area (Å²) in [5, 5.41) is 3.62. The lowest BCUT2D eigenvalue weighted by Crippen LogP contribution is -2.50. The van der Waals surface area contributed by atoms with Gasteiger partial charge in [-0.05, 0) is 44.6 Å². The Morgan fingerprint density at radius 2 is 2.16 bits per heavy atom. The van der Waals surface area contributed by atoms with E-state index in [2.05, 4.69) is 31.0 Å². The third-order valence-electron chi connectivity index (χ3n) is 4.68. The quantitative estimate of drug-likeness (QED) is 0.697. The van der Waals surface area contributed by atoms with Crippen LogP contribution < -0.4 is 5.32 Å². The molecule has 1 rings (SSSR count). The Morgan fingerprint density at radius 1 is 1.37 bits per heavy atom. The highest BCUT2D eigenvalue weighted by Gasteiger charge is 2.33. The van der Waals surface area contributed by atoms with E-state index < -0.39 is 0 Å². The van der Waals surface area contributed by atoms with E-state index in [1.807, 2.05) is 0 Å². The van der Waals surface area contributed by atoms with Gasteiger partial charge in [-0.3, -0.25) is 4.90 Å². The van der Waals surface area contributed by atoms with E-state index in [0.29, 0.717) is 11.5 Å². The highest BCUT2D eigenvalue weighted by atomic mass is 16.5. The van der Waals surface area contributed by atoms with Crippen LogP contribution in [0.15, 0.2) is 0 Å². The first-order valence-corrected chi connectivity index (χ1v) is 8.11. The van der Waals surface area contributed by atoms with Crippen molar-refractivity contribution in [3.05, 3.63) is 0 Å². The average molecular weight is 270 g/mol. The minimum Gasteiger partial charge on any atom is -0.383 e. The summed E-state index contributed by atoms with van der Waals surface area (Å²) in [6.07, 6.45) is 6.58. The van der Waals surface area contributed by atoms with Crippen molar-refractivity contribution in [2.24, 2.45) is 5.41 Å². The predicted molar refractivity (Wildman–Crippen MR) is 82.6 cm³/mol. The number of piperidine rings is 1. The molecular weight excluding hydrogens is 236 g/mol. The van der Waals surface area contributed by atoms with Crippen LogP contribution in [0, 0.1) is 5.41 Å². The lowest BCUT2D eigenvalue weighted by molar-refractivity contribution is 0.0579. The highest BCUT2D eigenvalue weighted by Crippen LogP contribution is 2.33. The number of nitrogens with one attached hydrogen (secondary N) is 1. The molecular formula is C16H34N2O. The number of nitrogens with zero attached hydrogens (tertiary/aromatic N) is 1. The number of methoxy groups -OCH3 is 1. The molecule has 19 heavy (non-hydrogen) atoms. The first-order valence-electron chi connectivity index (χ1n) is 8.11. The molecule has 0 spiro atoms. The Balaban J connectivity index is 2.65. The van der Waals surface area contributed by atoms with Crippen LogP contribution in [0.1, 0.15) is 52.9 Å². The Morgan fingerprint density at radius 3 is 2.68 bits per heavy atom. The van der Waals surface area contributed by atoms with Crippen molar-refractivity contribution < 1.29 is 4.74 Å². The molecule has 0 aromatic carbocycles. The monoisotopic (exact) mass is 270 g/mol. The fourth-order valence-corrected chi connectivity index (χ4v) is 3.34. The fourth-order valence-electron chi connectivity index (χ4n) is 3.34. The van der Waals surface area contributed by atoms with Gasteiger partial charge in [-0.1, -0.05) is 20.3 Å². The zero-order valence-corrected chi connectivity index (χ0v) is 13.5. The van der Waals surface area contributed by atoms with Crippen molar-refractivity contribution in [1.29, 1.82) is 0 Å². The molecule has 0 aromatic rings. The molecule has 0 amide bonds. The minimum atomic E-state index is 0.490. The molecule has 2 atom stereocenters. The summed E-state index contributed by atoms with van der Waals surface area (Å²) in [5.41, 5.74) is 0.490. The van der Waals surface area contributed by atoms with Crippen molar-refractivity contribution in [2.75, 3.05) is 39.9 Å². The minimum absolute atomic E-state index is 0.490. The molecule has 3 nitrogen and oxygen atoms in total. The summed E-state index contributed by atoms with van der Waals surface area (Å²) < 4.78 is 5.29. The second-order valence-corrected chi connectivity index (χ2v) is 6.25. The molecule has 3 heteroatoms. The third kappa shape index (κ3) is 5.41. The first-order chi connectivity index (χ1) is 9.17. The van der Waals surface area contributed by atoms with Gasteiger partial charge < -0.3 is 10.1 Å². The molecule has 1 heterocycles. The van der Waals surface area contributed by atoms with Gasteiger partial charge in [0.05, 0.1) is 6.61 Å². The molecule has 0 aromatic heterocycles. The number of hydrogen-bond acceptors (Lipinski definition) is 3. The summed E-state index contributed by atoms with van der Waals surface area (Å²) in [6, 6.07) is 0.658. The van der Waals surface area contributed by atoms with Gasteiger partial charge in [0, 0.05) is 32.8 Å². The van der Waals surface area contributed by atoms with E-state index in [1.54, 1.807) is 7.11 Å². The Labute approximate surface area is 120 Å². The van der Waals surface area contributed by atoms with Crippen LogP contribution in [0.2, 0.25) is 0 Å². The van der Waals surface area contributed by atoms with Crippen LogP contribution in [-0.2, 0) is 4.74 Å². The van der Waals surface area contributed by atoms with Gasteiger partial charge in [0.2, 0.25) is 0 Å². The number of rotatable bonds is 9. The van der Waals surface area contributed by atoms with Crippen molar-refractivity contribution in [2.45, 2.75) is 58.9 Å². The van der Waals surface area contributed by atoms with Crippen molar-refractivity contribution in [1.82, 2.24) is 10.2 Å². The van der Waals surface area contributed by atoms with Crippen molar-refractivity contribution in [3.8, 4) is 0 Å². The van der Waals surface area contributed by atoms with Crippen LogP contribution >= 0.6 is 0 Å². The Hall–Kier alpha value is -0.120. The molecule has 0 bridgehead atoms. The Kier molecular flexibility index (Phi) is 7.96. The van der Waals surface area contributed by atoms with Crippen molar-refractivity contribution in [3.63, 3.8) is 0 Å². The molecule has 1 N–H and O–H groups in total. The van der Waals surface area contributed by atoms with Gasteiger partial charge in [0.15, 0.2) is 0 Å². The van der Waals surface area contributed by atoms with Gasteiger partial charge >= 0.3 is 0 Å². The maximum Gasteiger partial charge on any atom is 0.0589 e. The summed E-state index contributed by atoms with van der Waals surface area (Å²) in [5.74, 6) is 0. The van der Waals surface area contributed by atoms with Gasteiger partial charge in [-0.2, -0.15) is 0 Å². The molecule has 2 unspecified atom stereocenters. The van der Waals surface area contributed by atoms with Crippen molar-refractivity contribution >= 4 is 0 Å². The van der Waals surface area contributed by atoms with E-state index in [-0.39, 0.29) is 0 Å². The van der Waals surface area contributed by atoms with Crippen LogP contribution in [0.3, 0.4) is 0 Å². The number of hydrogen-bond donors (Lipinski definition) is 1. The maximum atomic E-state index is 5.29. The number of ether oxygens (including phenoxy) is 1. The predicted octanol–water partition coefficient (Wildman–Crippen LogP) is 2.90. The zero-order valence-electron chi connectivity index (χ0n) is 13.5. The van der Waals surface area contributed by atoms with E-state index >= 15 is 0 Å². The molecule has 0 saturated carbocycles. The molecule has 1 aliphatic rings. The van der Waals surface area contributed by atoms with Gasteiger partial charge in [0.1, 0.15) is 0 Å². The zero-order chi connectivity index (χ0) is 14.1. The van der Waals surface area contributed by atoms with Gasteiger partial charge in [0.25, 0.3) is 0 Å². The largest absolute Gasteiger partial charge is 0.383 e.